The second kappa shape index (κ2) is 6.58. The van der Waals surface area contributed by atoms with Gasteiger partial charge in [-0.2, -0.15) is 0 Å². The van der Waals surface area contributed by atoms with Gasteiger partial charge in [0.2, 0.25) is 0 Å². The van der Waals surface area contributed by atoms with E-state index < -0.39 is 9.84 Å². The molecule has 1 aliphatic rings. The number of aryl methyl sites for hydroxylation is 1. The molecule has 0 saturated carbocycles. The number of amides is 1. The largest absolute Gasteiger partial charge is 0.383 e. The zero-order chi connectivity index (χ0) is 15.5. The second-order valence-corrected chi connectivity index (χ2v) is 7.59. The van der Waals surface area contributed by atoms with Crippen molar-refractivity contribution in [2.75, 3.05) is 31.8 Å². The number of sulfone groups is 1. The van der Waals surface area contributed by atoms with Crippen molar-refractivity contribution in [1.29, 1.82) is 0 Å². The minimum atomic E-state index is -3.03. The van der Waals surface area contributed by atoms with Crippen molar-refractivity contribution in [3.05, 3.63) is 35.4 Å². The zero-order valence-electron chi connectivity index (χ0n) is 12.4. The first-order valence-corrected chi connectivity index (χ1v) is 8.82. The first kappa shape index (κ1) is 16.0. The van der Waals surface area contributed by atoms with Gasteiger partial charge in [-0.1, -0.05) is 18.2 Å². The van der Waals surface area contributed by atoms with Crippen LogP contribution in [0.1, 0.15) is 22.3 Å². The highest BCUT2D eigenvalue weighted by Gasteiger charge is 2.35. The molecule has 2 rings (SSSR count). The highest BCUT2D eigenvalue weighted by atomic mass is 32.2. The van der Waals surface area contributed by atoms with Gasteiger partial charge in [0.05, 0.1) is 18.1 Å². The maximum atomic E-state index is 12.7. The van der Waals surface area contributed by atoms with Crippen LogP contribution in [0.15, 0.2) is 24.3 Å². The van der Waals surface area contributed by atoms with Gasteiger partial charge < -0.3 is 9.64 Å². The lowest BCUT2D eigenvalue weighted by Crippen LogP contribution is -2.43. The van der Waals surface area contributed by atoms with Crippen molar-refractivity contribution in [3.63, 3.8) is 0 Å². The second-order valence-electron chi connectivity index (χ2n) is 5.36. The van der Waals surface area contributed by atoms with Gasteiger partial charge >= 0.3 is 0 Å². The number of rotatable bonds is 5. The number of carbonyl (C=O) groups excluding carboxylic acids is 1. The minimum absolute atomic E-state index is 0.0499. The highest BCUT2D eigenvalue weighted by Crippen LogP contribution is 2.21. The van der Waals surface area contributed by atoms with E-state index in [0.29, 0.717) is 25.1 Å². The highest BCUT2D eigenvalue weighted by molar-refractivity contribution is 7.91. The third-order valence-corrected chi connectivity index (χ3v) is 5.57. The van der Waals surface area contributed by atoms with Gasteiger partial charge in [-0.05, 0) is 25.0 Å². The van der Waals surface area contributed by atoms with Gasteiger partial charge in [0.1, 0.15) is 0 Å². The fourth-order valence-electron chi connectivity index (χ4n) is 2.63. The van der Waals surface area contributed by atoms with Gasteiger partial charge in [-0.3, -0.25) is 4.79 Å². The van der Waals surface area contributed by atoms with Crippen molar-refractivity contribution in [2.24, 2.45) is 0 Å². The molecular formula is C15H21NO4S. The van der Waals surface area contributed by atoms with Gasteiger partial charge in [0.15, 0.2) is 9.84 Å². The molecule has 0 aliphatic carbocycles. The van der Waals surface area contributed by atoms with Crippen LogP contribution in [0, 0.1) is 6.92 Å². The topological polar surface area (TPSA) is 63.7 Å². The van der Waals surface area contributed by atoms with E-state index in [9.17, 15) is 13.2 Å². The number of ether oxygens (including phenoxy) is 1. The Balaban J connectivity index is 2.24. The summed E-state index contributed by atoms with van der Waals surface area (Å²) in [4.78, 5) is 14.4. The third-order valence-electron chi connectivity index (χ3n) is 3.82. The van der Waals surface area contributed by atoms with Crippen LogP contribution in [0.3, 0.4) is 0 Å². The first-order chi connectivity index (χ1) is 9.94. The van der Waals surface area contributed by atoms with Crippen LogP contribution in [0.4, 0.5) is 0 Å². The molecular weight excluding hydrogens is 290 g/mol. The molecule has 1 aliphatic heterocycles. The lowest BCUT2D eigenvalue weighted by molar-refractivity contribution is 0.0623. The molecule has 0 aromatic heterocycles. The SMILES string of the molecule is COCCN(C(=O)c1ccccc1C)C1CCS(=O)(=O)C1. The van der Waals surface area contributed by atoms with Crippen LogP contribution in [-0.4, -0.2) is 57.0 Å². The monoisotopic (exact) mass is 311 g/mol. The van der Waals surface area contributed by atoms with Crippen molar-refractivity contribution >= 4 is 15.7 Å². The van der Waals surface area contributed by atoms with Crippen molar-refractivity contribution in [3.8, 4) is 0 Å². The molecule has 6 heteroatoms. The molecule has 1 heterocycles. The quantitative estimate of drug-likeness (QED) is 0.821. The lowest BCUT2D eigenvalue weighted by atomic mass is 10.1. The number of hydrogen-bond donors (Lipinski definition) is 0. The van der Waals surface area contributed by atoms with E-state index in [1.165, 1.54) is 0 Å². The smallest absolute Gasteiger partial charge is 0.254 e. The summed E-state index contributed by atoms with van der Waals surface area (Å²) in [6.45, 7) is 2.69. The maximum Gasteiger partial charge on any atom is 0.254 e. The Labute approximate surface area is 125 Å². The first-order valence-electron chi connectivity index (χ1n) is 7.00. The van der Waals surface area contributed by atoms with E-state index in [2.05, 4.69) is 0 Å². The Morgan fingerprint density at radius 3 is 2.67 bits per heavy atom. The Morgan fingerprint density at radius 1 is 1.38 bits per heavy atom. The zero-order valence-corrected chi connectivity index (χ0v) is 13.2. The fourth-order valence-corrected chi connectivity index (χ4v) is 4.36. The average Bonchev–Trinajstić information content (AvgIpc) is 2.79. The Kier molecular flexibility index (Phi) is 5.00. The van der Waals surface area contributed by atoms with Crippen LogP contribution in [0.2, 0.25) is 0 Å². The summed E-state index contributed by atoms with van der Waals surface area (Å²) >= 11 is 0. The van der Waals surface area contributed by atoms with Crippen molar-refractivity contribution < 1.29 is 17.9 Å². The van der Waals surface area contributed by atoms with E-state index in [4.69, 9.17) is 4.74 Å². The van der Waals surface area contributed by atoms with Crippen molar-refractivity contribution in [1.82, 2.24) is 4.90 Å². The number of methoxy groups -OCH3 is 1. The average molecular weight is 311 g/mol. The summed E-state index contributed by atoms with van der Waals surface area (Å²) < 4.78 is 28.4. The van der Waals surface area contributed by atoms with Crippen LogP contribution in [-0.2, 0) is 14.6 Å². The van der Waals surface area contributed by atoms with Crippen LogP contribution in [0.25, 0.3) is 0 Å². The summed E-state index contributed by atoms with van der Waals surface area (Å²) in [6, 6.07) is 7.11. The number of nitrogens with zero attached hydrogens (tertiary/aromatic N) is 1. The predicted molar refractivity (Wildman–Crippen MR) is 81.2 cm³/mol. The minimum Gasteiger partial charge on any atom is -0.383 e. The predicted octanol–water partition coefficient (Wildman–Crippen LogP) is 1.27. The van der Waals surface area contributed by atoms with E-state index >= 15 is 0 Å². The summed E-state index contributed by atoms with van der Waals surface area (Å²) in [5.74, 6) is 0.0866. The lowest BCUT2D eigenvalue weighted by Gasteiger charge is -2.28. The van der Waals surface area contributed by atoms with Gasteiger partial charge in [-0.15, -0.1) is 0 Å². The van der Waals surface area contributed by atoms with Gasteiger partial charge in [0, 0.05) is 25.3 Å². The fraction of sp³-hybridized carbons (Fsp3) is 0.533. The molecule has 1 aromatic carbocycles. The van der Waals surface area contributed by atoms with E-state index in [1.807, 2.05) is 25.1 Å². The molecule has 0 spiro atoms. The molecule has 21 heavy (non-hydrogen) atoms. The molecule has 5 nitrogen and oxygen atoms in total. The molecule has 1 unspecified atom stereocenters. The summed E-state index contributed by atoms with van der Waals surface area (Å²) in [5.41, 5.74) is 1.52. The normalized spacial score (nSPS) is 20.4. The third kappa shape index (κ3) is 3.83. The van der Waals surface area contributed by atoms with E-state index in [0.717, 1.165) is 5.56 Å². The van der Waals surface area contributed by atoms with Crippen molar-refractivity contribution in [2.45, 2.75) is 19.4 Å². The van der Waals surface area contributed by atoms with Crippen LogP contribution < -0.4 is 0 Å². The molecule has 116 valence electrons. The maximum absolute atomic E-state index is 12.7. The number of carbonyl (C=O) groups is 1. The molecule has 1 amide bonds. The molecule has 0 radical (unpaired) electrons. The number of benzene rings is 1. The molecule has 0 bridgehead atoms. The standard InChI is InChI=1S/C15H21NO4S/c1-12-5-3-4-6-14(12)15(17)16(8-9-20-2)13-7-10-21(18,19)11-13/h3-6,13H,7-11H2,1-2H3. The summed E-state index contributed by atoms with van der Waals surface area (Å²) in [5, 5.41) is 0. The molecule has 1 fully saturated rings. The summed E-state index contributed by atoms with van der Waals surface area (Å²) in [7, 11) is -1.45. The Morgan fingerprint density at radius 2 is 2.10 bits per heavy atom. The molecule has 0 N–H and O–H groups in total. The van der Waals surface area contributed by atoms with E-state index in [1.54, 1.807) is 18.1 Å². The van der Waals surface area contributed by atoms with Crippen LogP contribution in [0.5, 0.6) is 0 Å². The Hall–Kier alpha value is -1.40. The molecule has 1 aromatic rings. The summed E-state index contributed by atoms with van der Waals surface area (Å²) in [6.07, 6.45) is 0.504. The van der Waals surface area contributed by atoms with Gasteiger partial charge in [-0.25, -0.2) is 8.42 Å². The van der Waals surface area contributed by atoms with E-state index in [-0.39, 0.29) is 23.5 Å². The van der Waals surface area contributed by atoms with Crippen LogP contribution >= 0.6 is 0 Å². The number of hydrogen-bond acceptors (Lipinski definition) is 4. The van der Waals surface area contributed by atoms with Gasteiger partial charge in [0.25, 0.3) is 5.91 Å². The molecule has 1 atom stereocenters. The molecule has 1 saturated heterocycles. The Bertz CT molecular complexity index is 612.